The fourth-order valence-corrected chi connectivity index (χ4v) is 7.65. The van der Waals surface area contributed by atoms with E-state index in [-0.39, 0.29) is 63.6 Å². The van der Waals surface area contributed by atoms with E-state index in [2.05, 4.69) is 10.6 Å². The first kappa shape index (κ1) is 40.6. The van der Waals surface area contributed by atoms with E-state index in [0.29, 0.717) is 30.9 Å². The van der Waals surface area contributed by atoms with Crippen molar-refractivity contribution in [2.45, 2.75) is 62.9 Å². The van der Waals surface area contributed by atoms with E-state index >= 15 is 0 Å². The Morgan fingerprint density at radius 2 is 1.67 bits per heavy atom. The summed E-state index contributed by atoms with van der Waals surface area (Å²) in [6, 6.07) is 20.3. The van der Waals surface area contributed by atoms with Crippen LogP contribution in [0.3, 0.4) is 0 Å². The fourth-order valence-electron chi connectivity index (χ4n) is 5.98. The number of hydrogen-bond donors (Lipinski definition) is 3. The standard InChI is InChI=1S/C38H49N3O12S/c1-38(2,16-7-17-49-36(43)39-3)24-41(54(45,46)31-14-15-34-35(19-31)52-26-51-34)20-33(42)32(40-37(44)53-30-22-47-25-48-23-30)18-27-10-12-29(13-11-27)50-21-28-8-5-4-6-9-28/h4-6,8-15,19,30,32-33,42H,7,16-18,20-26H2,1-3H3,(H,39,43)(H,40,44)/t32-,33+/m0/s1. The first-order valence-electron chi connectivity index (χ1n) is 17.7. The van der Waals surface area contributed by atoms with E-state index in [1.807, 2.05) is 56.3 Å². The van der Waals surface area contributed by atoms with E-state index < -0.39 is 45.9 Å². The highest BCUT2D eigenvalue weighted by molar-refractivity contribution is 7.89. The van der Waals surface area contributed by atoms with Gasteiger partial charge in [-0.25, -0.2) is 18.0 Å². The lowest BCUT2D eigenvalue weighted by molar-refractivity contribution is -0.151. The van der Waals surface area contributed by atoms with Crippen molar-refractivity contribution in [3.63, 3.8) is 0 Å². The van der Waals surface area contributed by atoms with Gasteiger partial charge in [0.1, 0.15) is 19.1 Å². The third kappa shape index (κ3) is 11.9. The summed E-state index contributed by atoms with van der Waals surface area (Å²) in [5.41, 5.74) is 1.13. The topological polar surface area (TPSA) is 180 Å². The predicted octanol–water partition coefficient (Wildman–Crippen LogP) is 4.22. The lowest BCUT2D eigenvalue weighted by Crippen LogP contribution is -2.52. The number of benzene rings is 3. The van der Waals surface area contributed by atoms with Crippen LogP contribution < -0.4 is 24.8 Å². The summed E-state index contributed by atoms with van der Waals surface area (Å²) in [5, 5.41) is 17.0. The second-order valence-electron chi connectivity index (χ2n) is 13.8. The Kier molecular flexibility index (Phi) is 14.4. The van der Waals surface area contributed by atoms with Crippen molar-refractivity contribution in [1.29, 1.82) is 0 Å². The van der Waals surface area contributed by atoms with Crippen molar-refractivity contribution in [3.8, 4) is 17.2 Å². The zero-order valence-electron chi connectivity index (χ0n) is 30.7. The first-order valence-corrected chi connectivity index (χ1v) is 19.2. The smallest absolute Gasteiger partial charge is 0.407 e. The molecule has 0 radical (unpaired) electrons. The lowest BCUT2D eigenvalue weighted by Gasteiger charge is -2.35. The van der Waals surface area contributed by atoms with Gasteiger partial charge in [-0.15, -0.1) is 0 Å². The molecule has 0 unspecified atom stereocenters. The average molecular weight is 772 g/mol. The Morgan fingerprint density at radius 1 is 0.944 bits per heavy atom. The number of carbonyl (C=O) groups is 2. The van der Waals surface area contributed by atoms with E-state index in [4.69, 9.17) is 33.2 Å². The van der Waals surface area contributed by atoms with Crippen LogP contribution in [0.2, 0.25) is 0 Å². The van der Waals surface area contributed by atoms with Crippen molar-refractivity contribution >= 4 is 22.2 Å². The molecule has 2 atom stereocenters. The van der Waals surface area contributed by atoms with Crippen LogP contribution in [0.4, 0.5) is 9.59 Å². The van der Waals surface area contributed by atoms with Gasteiger partial charge in [0, 0.05) is 26.2 Å². The summed E-state index contributed by atoms with van der Waals surface area (Å²) < 4.78 is 67.8. The van der Waals surface area contributed by atoms with Crippen LogP contribution in [0, 0.1) is 5.41 Å². The Morgan fingerprint density at radius 3 is 2.39 bits per heavy atom. The number of aliphatic hydroxyl groups is 1. The molecule has 2 amide bonds. The quantitative estimate of drug-likeness (QED) is 0.157. The van der Waals surface area contributed by atoms with E-state index in [9.17, 15) is 23.1 Å². The Bertz CT molecular complexity index is 1770. The minimum absolute atomic E-state index is 0.0117. The van der Waals surface area contributed by atoms with Gasteiger partial charge in [0.15, 0.2) is 17.6 Å². The summed E-state index contributed by atoms with van der Waals surface area (Å²) in [6.07, 6.45) is -2.34. The van der Waals surface area contributed by atoms with Gasteiger partial charge in [-0.2, -0.15) is 4.31 Å². The van der Waals surface area contributed by atoms with Crippen LogP contribution >= 0.6 is 0 Å². The normalized spacial score (nSPS) is 15.6. The van der Waals surface area contributed by atoms with Crippen LogP contribution in [0.15, 0.2) is 77.7 Å². The monoisotopic (exact) mass is 771 g/mol. The van der Waals surface area contributed by atoms with Crippen molar-refractivity contribution < 1.29 is 56.3 Å². The Hall–Kier alpha value is -4.61. The molecule has 1 fully saturated rings. The van der Waals surface area contributed by atoms with Gasteiger partial charge in [0.25, 0.3) is 0 Å². The minimum atomic E-state index is -4.24. The summed E-state index contributed by atoms with van der Waals surface area (Å²) in [6.45, 7) is 4.28. The molecule has 0 aromatic heterocycles. The maximum atomic E-state index is 14.4. The number of fused-ring (bicyclic) bond motifs is 1. The molecule has 2 aliphatic rings. The molecular formula is C38H49N3O12S. The lowest BCUT2D eigenvalue weighted by atomic mass is 9.87. The number of sulfonamides is 1. The number of aliphatic hydroxyl groups excluding tert-OH is 1. The third-order valence-corrected chi connectivity index (χ3v) is 10.7. The van der Waals surface area contributed by atoms with Gasteiger partial charge < -0.3 is 48.9 Å². The molecule has 15 nitrogen and oxygen atoms in total. The van der Waals surface area contributed by atoms with Crippen LogP contribution in [0.25, 0.3) is 0 Å². The highest BCUT2D eigenvalue weighted by Gasteiger charge is 2.36. The van der Waals surface area contributed by atoms with Gasteiger partial charge in [0.05, 0.1) is 36.9 Å². The molecule has 3 N–H and O–H groups in total. The molecule has 0 saturated carbocycles. The van der Waals surface area contributed by atoms with Crippen molar-refractivity contribution in [2.75, 3.05) is 53.5 Å². The fraction of sp³-hybridized carbons (Fsp3) is 0.474. The molecular weight excluding hydrogens is 722 g/mol. The highest BCUT2D eigenvalue weighted by atomic mass is 32.2. The maximum Gasteiger partial charge on any atom is 0.407 e. The van der Waals surface area contributed by atoms with Gasteiger partial charge in [-0.1, -0.05) is 56.3 Å². The Balaban J connectivity index is 1.35. The number of nitrogens with zero attached hydrogens (tertiary/aromatic N) is 1. The molecule has 0 aliphatic carbocycles. The number of amides is 2. The molecule has 2 heterocycles. The van der Waals surface area contributed by atoms with Crippen LogP contribution in [-0.2, 0) is 42.0 Å². The Labute approximate surface area is 315 Å². The van der Waals surface area contributed by atoms with Crippen LogP contribution in [-0.4, -0.2) is 102 Å². The second-order valence-corrected chi connectivity index (χ2v) is 15.7. The average Bonchev–Trinajstić information content (AvgIpc) is 3.65. The maximum absolute atomic E-state index is 14.4. The second kappa shape index (κ2) is 19.1. The molecule has 54 heavy (non-hydrogen) atoms. The number of alkyl carbamates (subject to hydrolysis) is 2. The number of hydrogen-bond acceptors (Lipinski definition) is 12. The largest absolute Gasteiger partial charge is 0.489 e. The van der Waals surface area contributed by atoms with E-state index in [1.165, 1.54) is 29.6 Å². The van der Waals surface area contributed by atoms with E-state index in [1.54, 1.807) is 12.1 Å². The van der Waals surface area contributed by atoms with Crippen molar-refractivity contribution in [1.82, 2.24) is 14.9 Å². The van der Waals surface area contributed by atoms with Gasteiger partial charge >= 0.3 is 12.2 Å². The molecule has 0 bridgehead atoms. The van der Waals surface area contributed by atoms with Gasteiger partial charge in [-0.3, -0.25) is 0 Å². The third-order valence-electron chi connectivity index (χ3n) is 8.85. The van der Waals surface area contributed by atoms with Gasteiger partial charge in [-0.05, 0) is 60.1 Å². The highest BCUT2D eigenvalue weighted by Crippen LogP contribution is 2.36. The molecule has 1 saturated heterocycles. The first-order chi connectivity index (χ1) is 25.9. The van der Waals surface area contributed by atoms with Gasteiger partial charge in [0.2, 0.25) is 16.8 Å². The molecule has 3 aromatic rings. The number of carbonyl (C=O) groups excluding carboxylic acids is 2. The summed E-state index contributed by atoms with van der Waals surface area (Å²) in [4.78, 5) is 24.7. The molecule has 5 rings (SSSR count). The van der Waals surface area contributed by atoms with Crippen molar-refractivity contribution in [2.24, 2.45) is 5.41 Å². The summed E-state index contributed by atoms with van der Waals surface area (Å²) in [5.74, 6) is 1.34. The zero-order valence-corrected chi connectivity index (χ0v) is 31.5. The molecule has 0 spiro atoms. The van der Waals surface area contributed by atoms with Crippen molar-refractivity contribution in [3.05, 3.63) is 83.9 Å². The van der Waals surface area contributed by atoms with E-state index in [0.717, 1.165) is 11.1 Å². The number of ether oxygens (including phenoxy) is 7. The minimum Gasteiger partial charge on any atom is -0.489 e. The van der Waals surface area contributed by atoms with Crippen LogP contribution in [0.5, 0.6) is 17.2 Å². The predicted molar refractivity (Wildman–Crippen MR) is 196 cm³/mol. The SMILES string of the molecule is CNC(=O)OCCCC(C)(C)CN(C[C@@H](O)[C@H](Cc1ccc(OCc2ccccc2)cc1)NC(=O)OC1COCOC1)S(=O)(=O)c1ccc2c(c1)OCO2. The molecule has 2 aliphatic heterocycles. The number of rotatable bonds is 18. The molecule has 294 valence electrons. The molecule has 16 heteroatoms. The van der Waals surface area contributed by atoms with Crippen LogP contribution in [0.1, 0.15) is 37.8 Å². The molecule has 3 aromatic carbocycles. The summed E-state index contributed by atoms with van der Waals surface area (Å²) >= 11 is 0. The number of nitrogens with one attached hydrogen (secondary N) is 2. The zero-order chi connectivity index (χ0) is 38.6. The summed E-state index contributed by atoms with van der Waals surface area (Å²) in [7, 11) is -2.78.